The Balaban J connectivity index is 1.90. The Bertz CT molecular complexity index is 874. The fourth-order valence-electron chi connectivity index (χ4n) is 2.69. The molecule has 1 N–H and O–H groups in total. The zero-order chi connectivity index (χ0) is 19.7. The minimum Gasteiger partial charge on any atom is -0.349 e. The third-order valence-corrected chi connectivity index (χ3v) is 4.90. The molecule has 1 heterocycles. The minimum atomic E-state index is -0.449. The zero-order valence-electron chi connectivity index (χ0n) is 16.0. The molecule has 2 amide bonds. The summed E-state index contributed by atoms with van der Waals surface area (Å²) in [4.78, 5) is 30.6. The van der Waals surface area contributed by atoms with Gasteiger partial charge in [0.05, 0.1) is 11.3 Å². The lowest BCUT2D eigenvalue weighted by Gasteiger charge is -2.21. The van der Waals surface area contributed by atoms with Gasteiger partial charge in [-0.05, 0) is 63.4 Å². The quantitative estimate of drug-likeness (QED) is 0.876. The van der Waals surface area contributed by atoms with Gasteiger partial charge in [0.2, 0.25) is 0 Å². The van der Waals surface area contributed by atoms with Gasteiger partial charge in [0.25, 0.3) is 11.8 Å². The maximum atomic E-state index is 14.4. The van der Waals surface area contributed by atoms with E-state index in [1.54, 1.807) is 37.1 Å². The monoisotopic (exact) mass is 369 g/mol. The van der Waals surface area contributed by atoms with E-state index in [0.717, 1.165) is 12.8 Å². The molecule has 0 aliphatic heterocycles. The van der Waals surface area contributed by atoms with E-state index in [1.807, 2.05) is 13.8 Å². The Morgan fingerprint density at radius 1 is 1.22 bits per heavy atom. The van der Waals surface area contributed by atoms with E-state index in [0.29, 0.717) is 22.4 Å². The van der Waals surface area contributed by atoms with Crippen LogP contribution >= 0.6 is 0 Å². The summed E-state index contributed by atoms with van der Waals surface area (Å²) in [6, 6.07) is 6.55. The van der Waals surface area contributed by atoms with Crippen LogP contribution in [0.4, 0.5) is 4.39 Å². The molecule has 1 aliphatic rings. The zero-order valence-corrected chi connectivity index (χ0v) is 16.0. The number of hydrogen-bond acceptors (Lipinski definition) is 3. The number of rotatable bonds is 5. The lowest BCUT2D eigenvalue weighted by molar-refractivity contribution is 0.0754. The molecule has 0 radical (unpaired) electrons. The van der Waals surface area contributed by atoms with Crippen LogP contribution in [0.1, 0.15) is 53.0 Å². The van der Waals surface area contributed by atoms with Gasteiger partial charge in [-0.1, -0.05) is 0 Å². The first kappa shape index (κ1) is 19.0. The first-order chi connectivity index (χ1) is 12.8. The van der Waals surface area contributed by atoms with Crippen LogP contribution in [0.2, 0.25) is 0 Å². The van der Waals surface area contributed by atoms with Crippen molar-refractivity contribution in [3.05, 3.63) is 53.0 Å². The summed E-state index contributed by atoms with van der Waals surface area (Å²) in [5, 5.41) is 2.87. The first-order valence-electron chi connectivity index (χ1n) is 9.12. The predicted molar refractivity (Wildman–Crippen MR) is 102 cm³/mol. The molecule has 1 saturated carbocycles. The van der Waals surface area contributed by atoms with E-state index in [9.17, 15) is 14.0 Å². The van der Waals surface area contributed by atoms with Crippen molar-refractivity contribution in [2.24, 2.45) is 0 Å². The van der Waals surface area contributed by atoms with Crippen molar-refractivity contribution in [2.45, 2.75) is 45.7 Å². The molecule has 27 heavy (non-hydrogen) atoms. The normalized spacial score (nSPS) is 13.6. The van der Waals surface area contributed by atoms with Crippen LogP contribution in [0.25, 0.3) is 11.3 Å². The highest BCUT2D eigenvalue weighted by Crippen LogP contribution is 2.27. The molecule has 3 rings (SSSR count). The average Bonchev–Trinajstić information content (AvgIpc) is 3.46. The van der Waals surface area contributed by atoms with E-state index >= 15 is 0 Å². The fraction of sp³-hybridized carbons (Fsp3) is 0.381. The number of aromatic nitrogens is 1. The lowest BCUT2D eigenvalue weighted by Crippen LogP contribution is -2.33. The second-order valence-electron chi connectivity index (χ2n) is 7.32. The second kappa shape index (κ2) is 7.47. The molecule has 2 aromatic rings. The second-order valence-corrected chi connectivity index (χ2v) is 7.32. The standard InChI is InChI=1S/C21H24FN3O2/c1-12(2)25(4)21(27)14-5-8-19(23-11-14)17-9-15(10-18(22)13(17)3)20(26)24-16-6-7-16/h5,8-12,16H,6-7H2,1-4H3,(H,24,26). The summed E-state index contributed by atoms with van der Waals surface area (Å²) in [6.45, 7) is 5.52. The first-order valence-corrected chi connectivity index (χ1v) is 9.12. The number of carbonyl (C=O) groups is 2. The van der Waals surface area contributed by atoms with Gasteiger partial charge in [0, 0.05) is 36.5 Å². The van der Waals surface area contributed by atoms with E-state index in [1.165, 1.54) is 12.3 Å². The van der Waals surface area contributed by atoms with Crippen LogP contribution in [-0.4, -0.2) is 40.8 Å². The van der Waals surface area contributed by atoms with Gasteiger partial charge in [-0.3, -0.25) is 14.6 Å². The van der Waals surface area contributed by atoms with Crippen LogP contribution in [0, 0.1) is 12.7 Å². The van der Waals surface area contributed by atoms with Crippen molar-refractivity contribution in [3.8, 4) is 11.3 Å². The van der Waals surface area contributed by atoms with Crippen molar-refractivity contribution < 1.29 is 14.0 Å². The minimum absolute atomic E-state index is 0.0789. The largest absolute Gasteiger partial charge is 0.349 e. The Labute approximate surface area is 158 Å². The summed E-state index contributed by atoms with van der Waals surface area (Å²) < 4.78 is 14.4. The molecule has 0 unspecified atom stereocenters. The van der Waals surface area contributed by atoms with Crippen LogP contribution < -0.4 is 5.32 Å². The predicted octanol–water partition coefficient (Wildman–Crippen LogP) is 3.57. The lowest BCUT2D eigenvalue weighted by atomic mass is 10.00. The molecule has 0 saturated heterocycles. The molecule has 5 nitrogen and oxygen atoms in total. The smallest absolute Gasteiger partial charge is 0.255 e. The molecule has 1 aromatic carbocycles. The molecule has 1 aliphatic carbocycles. The Hall–Kier alpha value is -2.76. The van der Waals surface area contributed by atoms with Gasteiger partial charge < -0.3 is 10.2 Å². The summed E-state index contributed by atoms with van der Waals surface area (Å²) in [5.74, 6) is -0.845. The number of carbonyl (C=O) groups excluding carboxylic acids is 2. The van der Waals surface area contributed by atoms with Crippen LogP contribution in [-0.2, 0) is 0 Å². The van der Waals surface area contributed by atoms with Crippen molar-refractivity contribution in [3.63, 3.8) is 0 Å². The molecule has 1 aromatic heterocycles. The summed E-state index contributed by atoms with van der Waals surface area (Å²) in [6.07, 6.45) is 3.43. The van der Waals surface area contributed by atoms with E-state index in [4.69, 9.17) is 0 Å². The number of hydrogen-bond donors (Lipinski definition) is 1. The summed E-state index contributed by atoms with van der Waals surface area (Å²) in [5.41, 5.74) is 2.24. The van der Waals surface area contributed by atoms with Gasteiger partial charge in [0.15, 0.2) is 0 Å². The van der Waals surface area contributed by atoms with Gasteiger partial charge in [-0.2, -0.15) is 0 Å². The number of nitrogens with one attached hydrogen (secondary N) is 1. The highest BCUT2D eigenvalue weighted by atomic mass is 19.1. The van der Waals surface area contributed by atoms with E-state index in [-0.39, 0.29) is 29.5 Å². The van der Waals surface area contributed by atoms with Gasteiger partial charge >= 0.3 is 0 Å². The van der Waals surface area contributed by atoms with E-state index < -0.39 is 5.82 Å². The molecule has 6 heteroatoms. The maximum Gasteiger partial charge on any atom is 0.255 e. The molecular formula is C21H24FN3O2. The van der Waals surface area contributed by atoms with Gasteiger partial charge in [-0.25, -0.2) is 4.39 Å². The topological polar surface area (TPSA) is 62.3 Å². The molecule has 1 fully saturated rings. The van der Waals surface area contributed by atoms with Crippen molar-refractivity contribution >= 4 is 11.8 Å². The molecule has 0 spiro atoms. The molecule has 142 valence electrons. The van der Waals surface area contributed by atoms with Crippen LogP contribution in [0.5, 0.6) is 0 Å². The van der Waals surface area contributed by atoms with E-state index in [2.05, 4.69) is 10.3 Å². The molecular weight excluding hydrogens is 345 g/mol. The highest BCUT2D eigenvalue weighted by Gasteiger charge is 2.25. The molecule has 0 bridgehead atoms. The third-order valence-electron chi connectivity index (χ3n) is 4.90. The summed E-state index contributed by atoms with van der Waals surface area (Å²) in [7, 11) is 1.74. The third kappa shape index (κ3) is 4.15. The maximum absolute atomic E-state index is 14.4. The van der Waals surface area contributed by atoms with Crippen molar-refractivity contribution in [1.29, 1.82) is 0 Å². The highest BCUT2D eigenvalue weighted by molar-refractivity contribution is 5.96. The van der Waals surface area contributed by atoms with Gasteiger partial charge in [-0.15, -0.1) is 0 Å². The van der Waals surface area contributed by atoms with Crippen molar-refractivity contribution in [1.82, 2.24) is 15.2 Å². The number of halogens is 1. The average molecular weight is 369 g/mol. The number of pyridine rings is 1. The fourth-order valence-corrected chi connectivity index (χ4v) is 2.69. The van der Waals surface area contributed by atoms with Crippen LogP contribution in [0.3, 0.4) is 0 Å². The van der Waals surface area contributed by atoms with Crippen molar-refractivity contribution in [2.75, 3.05) is 7.05 Å². The number of benzene rings is 1. The number of nitrogens with zero attached hydrogens (tertiary/aromatic N) is 2. The summed E-state index contributed by atoms with van der Waals surface area (Å²) >= 11 is 0. The Morgan fingerprint density at radius 2 is 1.93 bits per heavy atom. The Morgan fingerprint density at radius 3 is 2.48 bits per heavy atom. The van der Waals surface area contributed by atoms with Crippen LogP contribution in [0.15, 0.2) is 30.5 Å². The number of amides is 2. The SMILES string of the molecule is Cc1c(F)cc(C(=O)NC2CC2)cc1-c1ccc(C(=O)N(C)C(C)C)cn1. The van der Waals surface area contributed by atoms with Gasteiger partial charge in [0.1, 0.15) is 5.82 Å². The Kier molecular flexibility index (Phi) is 5.26. The molecule has 0 atom stereocenters.